The maximum Gasteiger partial charge on any atom is 0.111 e. The molecule has 1 unspecified atom stereocenters. The summed E-state index contributed by atoms with van der Waals surface area (Å²) in [5, 5.41) is 10.5. The molecule has 2 rings (SSSR count). The van der Waals surface area contributed by atoms with Gasteiger partial charge in [-0.15, -0.1) is 0 Å². The van der Waals surface area contributed by atoms with Gasteiger partial charge in [0.2, 0.25) is 0 Å². The Bertz CT molecular complexity index is 364. The molecular weight excluding hydrogens is 200 g/mol. The van der Waals surface area contributed by atoms with Gasteiger partial charge in [0.05, 0.1) is 5.60 Å². The number of hydrogen-bond acceptors (Lipinski definition) is 2. The lowest BCUT2D eigenvalue weighted by atomic mass is 9.84. The van der Waals surface area contributed by atoms with E-state index in [-0.39, 0.29) is 5.41 Å². The number of nitrogens with zero attached hydrogens (tertiary/aromatic N) is 2. The smallest absolute Gasteiger partial charge is 0.111 e. The fourth-order valence-electron chi connectivity index (χ4n) is 2.20. The first-order chi connectivity index (χ1) is 7.48. The molecule has 0 amide bonds. The van der Waals surface area contributed by atoms with Crippen molar-refractivity contribution < 1.29 is 5.11 Å². The summed E-state index contributed by atoms with van der Waals surface area (Å²) in [6.45, 7) is 7.26. The molecule has 1 aliphatic carbocycles. The highest BCUT2D eigenvalue weighted by Crippen LogP contribution is 2.54. The van der Waals surface area contributed by atoms with E-state index in [0.29, 0.717) is 6.42 Å². The van der Waals surface area contributed by atoms with Gasteiger partial charge < -0.3 is 9.67 Å². The molecule has 1 aromatic rings. The van der Waals surface area contributed by atoms with E-state index in [1.165, 1.54) is 0 Å². The third-order valence-electron chi connectivity index (χ3n) is 4.07. The Kier molecular flexibility index (Phi) is 2.82. The molecule has 3 heteroatoms. The molecule has 3 nitrogen and oxygen atoms in total. The summed E-state index contributed by atoms with van der Waals surface area (Å²) in [5.74, 6) is 1.01. The van der Waals surface area contributed by atoms with Crippen LogP contribution < -0.4 is 0 Å². The lowest BCUT2D eigenvalue weighted by Gasteiger charge is -2.30. The summed E-state index contributed by atoms with van der Waals surface area (Å²) in [6.07, 6.45) is 7.86. The SMILES string of the molecule is CCCn1ccnc1CC(C)(O)C1(C)CC1. The Morgan fingerprint density at radius 2 is 2.25 bits per heavy atom. The number of aromatic nitrogens is 2. The second kappa shape index (κ2) is 3.88. The standard InChI is InChI=1S/C13H22N2O/c1-4-8-15-9-7-14-11(15)10-13(3,16)12(2)5-6-12/h7,9,16H,4-6,8,10H2,1-3H3. The van der Waals surface area contributed by atoms with Crippen LogP contribution in [0.5, 0.6) is 0 Å². The predicted octanol–water partition coefficient (Wildman–Crippen LogP) is 2.39. The molecule has 0 spiro atoms. The summed E-state index contributed by atoms with van der Waals surface area (Å²) in [4.78, 5) is 4.36. The zero-order valence-corrected chi connectivity index (χ0v) is 10.5. The van der Waals surface area contributed by atoms with E-state index >= 15 is 0 Å². The van der Waals surface area contributed by atoms with Crippen LogP contribution in [0.2, 0.25) is 0 Å². The summed E-state index contributed by atoms with van der Waals surface area (Å²) in [6, 6.07) is 0. The molecule has 1 fully saturated rings. The number of hydrogen-bond donors (Lipinski definition) is 1. The van der Waals surface area contributed by atoms with Crippen molar-refractivity contribution in [3.63, 3.8) is 0 Å². The average Bonchev–Trinajstić information content (AvgIpc) is 2.83. The van der Waals surface area contributed by atoms with Crippen LogP contribution in [0.1, 0.15) is 45.9 Å². The third kappa shape index (κ3) is 2.01. The fraction of sp³-hybridized carbons (Fsp3) is 0.769. The lowest BCUT2D eigenvalue weighted by molar-refractivity contribution is -0.00939. The van der Waals surface area contributed by atoms with Crippen molar-refractivity contribution in [3.8, 4) is 0 Å². The van der Waals surface area contributed by atoms with Gasteiger partial charge in [-0.25, -0.2) is 4.98 Å². The molecule has 0 aliphatic heterocycles. The molecule has 1 aliphatic rings. The number of imidazole rings is 1. The molecule has 0 aromatic carbocycles. The normalized spacial score (nSPS) is 21.8. The van der Waals surface area contributed by atoms with Crippen LogP contribution in [0.3, 0.4) is 0 Å². The Hall–Kier alpha value is -0.830. The highest BCUT2D eigenvalue weighted by atomic mass is 16.3. The molecule has 1 atom stereocenters. The summed E-state index contributed by atoms with van der Waals surface area (Å²) in [7, 11) is 0. The molecule has 1 N–H and O–H groups in total. The van der Waals surface area contributed by atoms with Gasteiger partial charge in [0, 0.05) is 25.4 Å². The van der Waals surface area contributed by atoms with E-state index in [1.54, 1.807) is 0 Å². The Morgan fingerprint density at radius 1 is 1.56 bits per heavy atom. The highest BCUT2D eigenvalue weighted by molar-refractivity contribution is 5.08. The van der Waals surface area contributed by atoms with Crippen molar-refractivity contribution in [3.05, 3.63) is 18.2 Å². The molecule has 1 heterocycles. The van der Waals surface area contributed by atoms with Crippen LogP contribution in [0.25, 0.3) is 0 Å². The molecule has 0 saturated heterocycles. The molecule has 16 heavy (non-hydrogen) atoms. The van der Waals surface area contributed by atoms with Gasteiger partial charge in [0.25, 0.3) is 0 Å². The van der Waals surface area contributed by atoms with Gasteiger partial charge in [-0.3, -0.25) is 0 Å². The molecule has 0 radical (unpaired) electrons. The van der Waals surface area contributed by atoms with Crippen LogP contribution in [0, 0.1) is 5.41 Å². The van der Waals surface area contributed by atoms with E-state index in [0.717, 1.165) is 31.6 Å². The van der Waals surface area contributed by atoms with Gasteiger partial charge in [-0.05, 0) is 31.6 Å². The predicted molar refractivity (Wildman–Crippen MR) is 64.2 cm³/mol. The summed E-state index contributed by atoms with van der Waals surface area (Å²) >= 11 is 0. The van der Waals surface area contributed by atoms with Gasteiger partial charge in [0.15, 0.2) is 0 Å². The first kappa shape index (κ1) is 11.6. The molecule has 1 aromatic heterocycles. The van der Waals surface area contributed by atoms with Crippen molar-refractivity contribution in [1.82, 2.24) is 9.55 Å². The van der Waals surface area contributed by atoms with Crippen molar-refractivity contribution >= 4 is 0 Å². The molecule has 0 bridgehead atoms. The Balaban J connectivity index is 2.11. The van der Waals surface area contributed by atoms with Crippen LogP contribution in [0.15, 0.2) is 12.4 Å². The van der Waals surface area contributed by atoms with Gasteiger partial charge in [-0.1, -0.05) is 13.8 Å². The minimum Gasteiger partial charge on any atom is -0.389 e. The summed E-state index contributed by atoms with van der Waals surface area (Å²) in [5.41, 5.74) is -0.514. The average molecular weight is 222 g/mol. The largest absolute Gasteiger partial charge is 0.389 e. The molecular formula is C13H22N2O. The zero-order chi connectivity index (χ0) is 11.8. The maximum atomic E-state index is 10.5. The van der Waals surface area contributed by atoms with Crippen molar-refractivity contribution in [1.29, 1.82) is 0 Å². The molecule has 1 saturated carbocycles. The minimum absolute atomic E-state index is 0.107. The Labute approximate surface area is 97.5 Å². The second-order valence-electron chi connectivity index (χ2n) is 5.55. The van der Waals surface area contributed by atoms with E-state index in [1.807, 2.05) is 19.3 Å². The Morgan fingerprint density at radius 3 is 2.81 bits per heavy atom. The fourth-order valence-corrected chi connectivity index (χ4v) is 2.20. The second-order valence-corrected chi connectivity index (χ2v) is 5.55. The summed E-state index contributed by atoms with van der Waals surface area (Å²) < 4.78 is 2.15. The quantitative estimate of drug-likeness (QED) is 0.830. The topological polar surface area (TPSA) is 38.0 Å². The van der Waals surface area contributed by atoms with Crippen molar-refractivity contribution in [2.45, 2.75) is 58.6 Å². The van der Waals surface area contributed by atoms with Crippen molar-refractivity contribution in [2.75, 3.05) is 0 Å². The van der Waals surface area contributed by atoms with E-state index in [4.69, 9.17) is 0 Å². The van der Waals surface area contributed by atoms with Crippen LogP contribution >= 0.6 is 0 Å². The highest BCUT2D eigenvalue weighted by Gasteiger charge is 2.52. The number of aryl methyl sites for hydroxylation is 1. The van der Waals surface area contributed by atoms with Gasteiger partial charge in [-0.2, -0.15) is 0 Å². The van der Waals surface area contributed by atoms with Crippen LogP contribution in [-0.2, 0) is 13.0 Å². The maximum absolute atomic E-state index is 10.5. The minimum atomic E-state index is -0.621. The van der Waals surface area contributed by atoms with E-state index in [2.05, 4.69) is 23.4 Å². The van der Waals surface area contributed by atoms with E-state index < -0.39 is 5.60 Å². The first-order valence-corrected chi connectivity index (χ1v) is 6.21. The van der Waals surface area contributed by atoms with E-state index in [9.17, 15) is 5.11 Å². The lowest BCUT2D eigenvalue weighted by Crippen LogP contribution is -2.37. The van der Waals surface area contributed by atoms with Crippen LogP contribution in [-0.4, -0.2) is 20.3 Å². The number of aliphatic hydroxyl groups is 1. The van der Waals surface area contributed by atoms with Crippen molar-refractivity contribution in [2.24, 2.45) is 5.41 Å². The zero-order valence-electron chi connectivity index (χ0n) is 10.5. The first-order valence-electron chi connectivity index (χ1n) is 6.21. The van der Waals surface area contributed by atoms with Gasteiger partial charge >= 0.3 is 0 Å². The van der Waals surface area contributed by atoms with Crippen LogP contribution in [0.4, 0.5) is 0 Å². The third-order valence-corrected chi connectivity index (χ3v) is 4.07. The monoisotopic (exact) mass is 222 g/mol. The molecule has 90 valence electrons. The number of rotatable bonds is 5. The van der Waals surface area contributed by atoms with Gasteiger partial charge in [0.1, 0.15) is 5.82 Å².